The van der Waals surface area contributed by atoms with Crippen LogP contribution in [-0.2, 0) is 11.3 Å². The summed E-state index contributed by atoms with van der Waals surface area (Å²) >= 11 is 3.33. The number of halogens is 1. The van der Waals surface area contributed by atoms with Gasteiger partial charge >= 0.3 is 5.97 Å². The number of carbonyl (C=O) groups is 1. The zero-order chi connectivity index (χ0) is 15.4. The first-order valence-corrected chi connectivity index (χ1v) is 7.78. The van der Waals surface area contributed by atoms with Crippen LogP contribution in [0.4, 0.5) is 0 Å². The summed E-state index contributed by atoms with van der Waals surface area (Å²) in [5.74, 6) is 0.312. The van der Waals surface area contributed by atoms with Crippen LogP contribution in [0.3, 0.4) is 0 Å². The number of nitrogens with zero attached hydrogens (tertiary/aromatic N) is 1. The topological polar surface area (TPSA) is 70.0 Å². The molecule has 21 heavy (non-hydrogen) atoms. The number of phenols is 1. The summed E-state index contributed by atoms with van der Waals surface area (Å²) in [4.78, 5) is 12.9. The average Bonchev–Trinajstić information content (AvgIpc) is 2.88. The van der Waals surface area contributed by atoms with E-state index < -0.39 is 5.97 Å². The van der Waals surface area contributed by atoms with E-state index in [1.807, 2.05) is 12.1 Å². The molecule has 5 nitrogen and oxygen atoms in total. The van der Waals surface area contributed by atoms with E-state index in [1.54, 1.807) is 0 Å². The first kappa shape index (κ1) is 16.1. The van der Waals surface area contributed by atoms with Crippen LogP contribution in [0.25, 0.3) is 0 Å². The number of aliphatic carboxylic acids is 1. The van der Waals surface area contributed by atoms with Gasteiger partial charge in [0.2, 0.25) is 0 Å². The molecular weight excluding hydrogens is 338 g/mol. The van der Waals surface area contributed by atoms with Crippen molar-refractivity contribution in [1.82, 2.24) is 4.90 Å². The standard InChI is InChI=1S/C15H20BrNO4/c1-21-13-7-11(6-12(16)15(13)20)9-17-5-4-10(8-17)2-3-14(18)19/h6-7,10,20H,2-5,8-9H2,1H3,(H,18,19). The maximum Gasteiger partial charge on any atom is 0.303 e. The van der Waals surface area contributed by atoms with Crippen LogP contribution in [0.15, 0.2) is 16.6 Å². The third-order valence-corrected chi connectivity index (χ3v) is 4.46. The highest BCUT2D eigenvalue weighted by Gasteiger charge is 2.23. The fourth-order valence-electron chi connectivity index (χ4n) is 2.75. The average molecular weight is 358 g/mol. The first-order chi connectivity index (χ1) is 9.99. The van der Waals surface area contributed by atoms with E-state index in [4.69, 9.17) is 9.84 Å². The molecule has 6 heteroatoms. The van der Waals surface area contributed by atoms with Crippen molar-refractivity contribution in [3.8, 4) is 11.5 Å². The lowest BCUT2D eigenvalue weighted by molar-refractivity contribution is -0.137. The molecule has 0 bridgehead atoms. The van der Waals surface area contributed by atoms with E-state index in [9.17, 15) is 9.90 Å². The summed E-state index contributed by atoms with van der Waals surface area (Å²) in [6.07, 6.45) is 2.04. The van der Waals surface area contributed by atoms with Gasteiger partial charge in [-0.15, -0.1) is 0 Å². The van der Waals surface area contributed by atoms with Crippen molar-refractivity contribution in [3.63, 3.8) is 0 Å². The predicted molar refractivity (Wildman–Crippen MR) is 82.6 cm³/mol. The lowest BCUT2D eigenvalue weighted by Crippen LogP contribution is -2.20. The molecule has 2 N–H and O–H groups in total. The van der Waals surface area contributed by atoms with Gasteiger partial charge < -0.3 is 14.9 Å². The molecule has 1 fully saturated rings. The van der Waals surface area contributed by atoms with E-state index in [2.05, 4.69) is 20.8 Å². The van der Waals surface area contributed by atoms with E-state index in [0.29, 0.717) is 16.1 Å². The summed E-state index contributed by atoms with van der Waals surface area (Å²) in [6, 6.07) is 3.73. The zero-order valence-electron chi connectivity index (χ0n) is 12.0. The summed E-state index contributed by atoms with van der Waals surface area (Å²) in [5, 5.41) is 18.5. The summed E-state index contributed by atoms with van der Waals surface area (Å²) in [7, 11) is 1.53. The Morgan fingerprint density at radius 1 is 1.52 bits per heavy atom. The molecule has 116 valence electrons. The smallest absolute Gasteiger partial charge is 0.303 e. The number of rotatable bonds is 6. The third-order valence-electron chi connectivity index (χ3n) is 3.85. The van der Waals surface area contributed by atoms with Crippen LogP contribution < -0.4 is 4.74 Å². The minimum Gasteiger partial charge on any atom is -0.503 e. The Morgan fingerprint density at radius 3 is 2.95 bits per heavy atom. The molecule has 0 amide bonds. The number of hydrogen-bond donors (Lipinski definition) is 2. The highest BCUT2D eigenvalue weighted by molar-refractivity contribution is 9.10. The maximum atomic E-state index is 10.6. The Labute approximate surface area is 132 Å². The predicted octanol–water partition coefficient (Wildman–Crippen LogP) is 2.85. The highest BCUT2D eigenvalue weighted by Crippen LogP contribution is 2.36. The van der Waals surface area contributed by atoms with Crippen molar-refractivity contribution in [2.24, 2.45) is 5.92 Å². The van der Waals surface area contributed by atoms with Crippen LogP contribution in [0.2, 0.25) is 0 Å². The molecule has 1 aliphatic heterocycles. The number of aromatic hydroxyl groups is 1. The molecule has 0 saturated carbocycles. The van der Waals surface area contributed by atoms with Crippen molar-refractivity contribution in [2.45, 2.75) is 25.8 Å². The lowest BCUT2D eigenvalue weighted by Gasteiger charge is -2.17. The first-order valence-electron chi connectivity index (χ1n) is 6.99. The van der Waals surface area contributed by atoms with Gasteiger partial charge in [-0.2, -0.15) is 0 Å². The van der Waals surface area contributed by atoms with Gasteiger partial charge in [-0.3, -0.25) is 9.69 Å². The third kappa shape index (κ3) is 4.35. The molecule has 1 unspecified atom stereocenters. The number of ether oxygens (including phenoxy) is 1. The Kier molecular flexibility index (Phi) is 5.47. The molecule has 2 rings (SSSR count). The quantitative estimate of drug-likeness (QED) is 0.818. The van der Waals surface area contributed by atoms with Crippen molar-refractivity contribution >= 4 is 21.9 Å². The van der Waals surface area contributed by atoms with Gasteiger partial charge in [0.25, 0.3) is 0 Å². The largest absolute Gasteiger partial charge is 0.503 e. The van der Waals surface area contributed by atoms with Gasteiger partial charge in [-0.05, 0) is 58.9 Å². The van der Waals surface area contributed by atoms with Crippen molar-refractivity contribution in [1.29, 1.82) is 0 Å². The number of carboxylic acid groups (broad SMARTS) is 1. The molecule has 0 spiro atoms. The molecule has 1 aliphatic rings. The Bertz CT molecular complexity index is 521. The summed E-state index contributed by atoms with van der Waals surface area (Å²) in [6.45, 7) is 2.68. The van der Waals surface area contributed by atoms with E-state index in [0.717, 1.165) is 38.0 Å². The minimum absolute atomic E-state index is 0.113. The van der Waals surface area contributed by atoms with Crippen molar-refractivity contribution in [3.05, 3.63) is 22.2 Å². The second-order valence-electron chi connectivity index (χ2n) is 5.45. The Morgan fingerprint density at radius 2 is 2.29 bits per heavy atom. The van der Waals surface area contributed by atoms with Gasteiger partial charge in [0.05, 0.1) is 11.6 Å². The lowest BCUT2D eigenvalue weighted by atomic mass is 10.0. The van der Waals surface area contributed by atoms with Crippen LogP contribution in [-0.4, -0.2) is 41.3 Å². The van der Waals surface area contributed by atoms with Crippen LogP contribution >= 0.6 is 15.9 Å². The van der Waals surface area contributed by atoms with E-state index in [1.165, 1.54) is 7.11 Å². The number of benzene rings is 1. The van der Waals surface area contributed by atoms with E-state index >= 15 is 0 Å². The second-order valence-corrected chi connectivity index (χ2v) is 6.31. The van der Waals surface area contributed by atoms with Gasteiger partial charge in [0.1, 0.15) is 0 Å². The number of likely N-dealkylation sites (tertiary alicyclic amines) is 1. The normalized spacial score (nSPS) is 18.9. The van der Waals surface area contributed by atoms with Crippen molar-refractivity contribution in [2.75, 3.05) is 20.2 Å². The molecule has 1 heterocycles. The fraction of sp³-hybridized carbons (Fsp3) is 0.533. The molecule has 1 aromatic rings. The van der Waals surface area contributed by atoms with E-state index in [-0.39, 0.29) is 12.2 Å². The molecule has 1 aromatic carbocycles. The highest BCUT2D eigenvalue weighted by atomic mass is 79.9. The number of phenolic OH excluding ortho intramolecular Hbond substituents is 1. The number of hydrogen-bond acceptors (Lipinski definition) is 4. The number of methoxy groups -OCH3 is 1. The molecule has 0 aliphatic carbocycles. The number of carboxylic acids is 1. The monoisotopic (exact) mass is 357 g/mol. The summed E-state index contributed by atoms with van der Waals surface area (Å²) in [5.41, 5.74) is 1.07. The minimum atomic E-state index is -0.722. The summed E-state index contributed by atoms with van der Waals surface area (Å²) < 4.78 is 5.78. The van der Waals surface area contributed by atoms with Gasteiger partial charge in [-0.1, -0.05) is 0 Å². The van der Waals surface area contributed by atoms with Crippen LogP contribution in [0, 0.1) is 5.92 Å². The Hall–Kier alpha value is -1.27. The van der Waals surface area contributed by atoms with Crippen molar-refractivity contribution < 1.29 is 19.7 Å². The fourth-order valence-corrected chi connectivity index (χ4v) is 3.24. The SMILES string of the molecule is COc1cc(CN2CCC(CCC(=O)O)C2)cc(Br)c1O. The second kappa shape index (κ2) is 7.13. The zero-order valence-corrected chi connectivity index (χ0v) is 13.6. The van der Waals surface area contributed by atoms with Gasteiger partial charge in [0.15, 0.2) is 11.5 Å². The molecule has 1 saturated heterocycles. The van der Waals surface area contributed by atoms with Crippen LogP contribution in [0.1, 0.15) is 24.8 Å². The van der Waals surface area contributed by atoms with Gasteiger partial charge in [0, 0.05) is 19.5 Å². The molecule has 1 atom stereocenters. The van der Waals surface area contributed by atoms with Crippen LogP contribution in [0.5, 0.6) is 11.5 Å². The molecule has 0 aromatic heterocycles. The Balaban J connectivity index is 1.94. The molecular formula is C15H20BrNO4. The molecule has 0 radical (unpaired) electrons. The maximum absolute atomic E-state index is 10.6. The van der Waals surface area contributed by atoms with Gasteiger partial charge in [-0.25, -0.2) is 0 Å².